The van der Waals surface area contributed by atoms with Gasteiger partial charge in [0.1, 0.15) is 5.69 Å². The molecule has 0 unspecified atom stereocenters. The molecule has 0 radical (unpaired) electrons. The minimum Gasteiger partial charge on any atom is -0.379 e. The van der Waals surface area contributed by atoms with Crippen molar-refractivity contribution >= 4 is 27.1 Å². The van der Waals surface area contributed by atoms with E-state index < -0.39 is 14.9 Å². The number of nitro benzene ring substituents is 1. The van der Waals surface area contributed by atoms with Crippen molar-refractivity contribution in [3.63, 3.8) is 0 Å². The molecule has 0 saturated heterocycles. The van der Waals surface area contributed by atoms with E-state index >= 15 is 0 Å². The normalized spacial score (nSPS) is 11.3. The molecule has 3 rings (SSSR count). The van der Waals surface area contributed by atoms with Gasteiger partial charge in [-0.1, -0.05) is 18.2 Å². The van der Waals surface area contributed by atoms with Crippen LogP contribution in [0.5, 0.6) is 0 Å². The van der Waals surface area contributed by atoms with Crippen molar-refractivity contribution in [3.05, 3.63) is 76.6 Å². The first-order chi connectivity index (χ1) is 14.3. The average molecular weight is 430 g/mol. The molecule has 0 amide bonds. The van der Waals surface area contributed by atoms with Crippen molar-refractivity contribution in [1.29, 1.82) is 0 Å². The van der Waals surface area contributed by atoms with Crippen LogP contribution in [0.4, 0.5) is 17.1 Å². The summed E-state index contributed by atoms with van der Waals surface area (Å²) < 4.78 is 29.2. The Morgan fingerprint density at radius 3 is 2.53 bits per heavy atom. The number of aromatic nitrogens is 2. The van der Waals surface area contributed by atoms with E-state index in [-0.39, 0.29) is 22.8 Å². The Kier molecular flexibility index (Phi) is 6.36. The van der Waals surface area contributed by atoms with Gasteiger partial charge in [0.15, 0.2) is 0 Å². The second kappa shape index (κ2) is 8.95. The molecule has 158 valence electrons. The van der Waals surface area contributed by atoms with Crippen LogP contribution in [0.15, 0.2) is 65.8 Å². The van der Waals surface area contributed by atoms with Crippen LogP contribution in [0.2, 0.25) is 0 Å². The first kappa shape index (κ1) is 21.3. The summed E-state index contributed by atoms with van der Waals surface area (Å²) in [5.74, 6) is 0. The summed E-state index contributed by atoms with van der Waals surface area (Å²) in [4.78, 5) is 10.9. The first-order valence-electron chi connectivity index (χ1n) is 9.40. The van der Waals surface area contributed by atoms with Crippen molar-refractivity contribution in [3.8, 4) is 0 Å². The minimum atomic E-state index is -3.95. The summed E-state index contributed by atoms with van der Waals surface area (Å²) in [6.45, 7) is 2.36. The van der Waals surface area contributed by atoms with Crippen molar-refractivity contribution in [2.24, 2.45) is 7.05 Å². The van der Waals surface area contributed by atoms with Gasteiger partial charge in [-0.25, -0.2) is 8.42 Å². The SMILES string of the molecule is CCN(c1ccccc1)S(=O)(=O)c1ccc(NCCc2cnn(C)c2)c([N+](=O)[O-])c1. The summed E-state index contributed by atoms with van der Waals surface area (Å²) in [7, 11) is -2.13. The molecule has 2 aromatic carbocycles. The molecule has 1 heterocycles. The summed E-state index contributed by atoms with van der Waals surface area (Å²) in [5, 5.41) is 18.7. The molecule has 9 nitrogen and oxygen atoms in total. The average Bonchev–Trinajstić information content (AvgIpc) is 3.14. The highest BCUT2D eigenvalue weighted by atomic mass is 32.2. The molecule has 1 aromatic heterocycles. The van der Waals surface area contributed by atoms with E-state index in [1.165, 1.54) is 16.4 Å². The summed E-state index contributed by atoms with van der Waals surface area (Å²) in [6, 6.07) is 12.6. The molecule has 0 bridgehead atoms. The number of hydrogen-bond acceptors (Lipinski definition) is 6. The third-order valence-electron chi connectivity index (χ3n) is 4.57. The lowest BCUT2D eigenvalue weighted by Crippen LogP contribution is -2.30. The monoisotopic (exact) mass is 429 g/mol. The molecule has 30 heavy (non-hydrogen) atoms. The van der Waals surface area contributed by atoms with E-state index in [1.807, 2.05) is 13.2 Å². The molecule has 0 aliphatic rings. The van der Waals surface area contributed by atoms with Crippen molar-refractivity contribution in [2.45, 2.75) is 18.2 Å². The van der Waals surface area contributed by atoms with Crippen LogP contribution < -0.4 is 9.62 Å². The van der Waals surface area contributed by atoms with Crippen molar-refractivity contribution in [1.82, 2.24) is 9.78 Å². The van der Waals surface area contributed by atoms with Gasteiger partial charge in [-0.05, 0) is 43.2 Å². The van der Waals surface area contributed by atoms with Gasteiger partial charge in [0.25, 0.3) is 15.7 Å². The third-order valence-corrected chi connectivity index (χ3v) is 6.47. The van der Waals surface area contributed by atoms with Crippen LogP contribution >= 0.6 is 0 Å². The van der Waals surface area contributed by atoms with Crippen LogP contribution in [0, 0.1) is 10.1 Å². The third kappa shape index (κ3) is 4.60. The molecule has 0 fully saturated rings. The predicted molar refractivity (Wildman–Crippen MR) is 115 cm³/mol. The van der Waals surface area contributed by atoms with Gasteiger partial charge in [0.05, 0.1) is 21.7 Å². The second-order valence-corrected chi connectivity index (χ2v) is 8.50. The molecular weight excluding hydrogens is 406 g/mol. The molecule has 0 aliphatic carbocycles. The number of hydrogen-bond donors (Lipinski definition) is 1. The Bertz CT molecular complexity index is 1130. The summed E-state index contributed by atoms with van der Waals surface area (Å²) in [5.41, 5.74) is 1.48. The fraction of sp³-hybridized carbons (Fsp3) is 0.250. The molecule has 0 spiro atoms. The van der Waals surface area contributed by atoms with Crippen molar-refractivity contribution < 1.29 is 13.3 Å². The van der Waals surface area contributed by atoms with Gasteiger partial charge in [0, 0.05) is 32.4 Å². The molecular formula is C20H23N5O4S. The molecule has 0 aliphatic heterocycles. The highest BCUT2D eigenvalue weighted by Gasteiger charge is 2.27. The Hall–Kier alpha value is -3.40. The standard InChI is InChI=1S/C20H23N5O4S/c1-3-24(17-7-5-4-6-8-17)30(28,29)18-9-10-19(20(13-18)25(26)27)21-12-11-16-14-22-23(2)15-16/h4-10,13-15,21H,3,11-12H2,1-2H3. The Morgan fingerprint density at radius 1 is 1.20 bits per heavy atom. The van der Waals surface area contributed by atoms with Crippen LogP contribution in [0.25, 0.3) is 0 Å². The number of aryl methyl sites for hydroxylation is 1. The van der Waals surface area contributed by atoms with Crippen LogP contribution in [-0.4, -0.2) is 36.2 Å². The van der Waals surface area contributed by atoms with E-state index in [4.69, 9.17) is 0 Å². The lowest BCUT2D eigenvalue weighted by atomic mass is 10.2. The lowest BCUT2D eigenvalue weighted by Gasteiger charge is -2.23. The largest absolute Gasteiger partial charge is 0.379 e. The fourth-order valence-corrected chi connectivity index (χ4v) is 4.62. The number of nitro groups is 1. The highest BCUT2D eigenvalue weighted by molar-refractivity contribution is 7.92. The van der Waals surface area contributed by atoms with E-state index in [0.717, 1.165) is 11.6 Å². The molecule has 10 heteroatoms. The molecule has 0 saturated carbocycles. The smallest absolute Gasteiger partial charge is 0.293 e. The topological polar surface area (TPSA) is 110 Å². The predicted octanol–water partition coefficient (Wildman–Crippen LogP) is 3.20. The zero-order valence-electron chi connectivity index (χ0n) is 16.7. The number of sulfonamides is 1. The minimum absolute atomic E-state index is 0.127. The maximum Gasteiger partial charge on any atom is 0.293 e. The van der Waals surface area contributed by atoms with Crippen LogP contribution in [-0.2, 0) is 23.5 Å². The van der Waals surface area contributed by atoms with E-state index in [2.05, 4.69) is 10.4 Å². The maximum atomic E-state index is 13.1. The number of para-hydroxylation sites is 1. The number of rotatable bonds is 9. The van der Waals surface area contributed by atoms with Crippen LogP contribution in [0.1, 0.15) is 12.5 Å². The molecule has 3 aromatic rings. The number of anilines is 2. The Balaban J connectivity index is 1.85. The quantitative estimate of drug-likeness (QED) is 0.413. The fourth-order valence-electron chi connectivity index (χ4n) is 3.13. The van der Waals surface area contributed by atoms with Gasteiger partial charge in [-0.2, -0.15) is 5.10 Å². The zero-order valence-corrected chi connectivity index (χ0v) is 17.5. The lowest BCUT2D eigenvalue weighted by molar-refractivity contribution is -0.384. The van der Waals surface area contributed by atoms with Gasteiger partial charge in [0.2, 0.25) is 0 Å². The Labute approximate surface area is 175 Å². The van der Waals surface area contributed by atoms with Gasteiger partial charge in [-0.3, -0.25) is 19.1 Å². The van der Waals surface area contributed by atoms with Crippen molar-refractivity contribution in [2.75, 3.05) is 22.7 Å². The van der Waals surface area contributed by atoms with E-state index in [9.17, 15) is 18.5 Å². The molecule has 1 N–H and O–H groups in total. The number of nitrogens with one attached hydrogen (secondary N) is 1. The van der Waals surface area contributed by atoms with Crippen LogP contribution in [0.3, 0.4) is 0 Å². The Morgan fingerprint density at radius 2 is 1.93 bits per heavy atom. The van der Waals surface area contributed by atoms with Gasteiger partial charge >= 0.3 is 0 Å². The number of benzene rings is 2. The number of nitrogens with zero attached hydrogens (tertiary/aromatic N) is 4. The second-order valence-electron chi connectivity index (χ2n) is 6.64. The summed E-state index contributed by atoms with van der Waals surface area (Å²) in [6.07, 6.45) is 4.23. The van der Waals surface area contributed by atoms with Gasteiger partial charge in [-0.15, -0.1) is 0 Å². The highest BCUT2D eigenvalue weighted by Crippen LogP contribution is 2.30. The molecule has 0 atom stereocenters. The first-order valence-corrected chi connectivity index (χ1v) is 10.8. The summed E-state index contributed by atoms with van der Waals surface area (Å²) >= 11 is 0. The zero-order chi connectivity index (χ0) is 21.7. The maximum absolute atomic E-state index is 13.1. The van der Waals surface area contributed by atoms with E-state index in [0.29, 0.717) is 18.7 Å². The van der Waals surface area contributed by atoms with E-state index in [1.54, 1.807) is 48.1 Å². The van der Waals surface area contributed by atoms with Gasteiger partial charge < -0.3 is 5.32 Å².